The molecule has 0 aliphatic rings. The lowest BCUT2D eigenvalue weighted by atomic mass is 9.92. The largest absolute Gasteiger partial charge is 0.393 e. The molecule has 0 saturated carbocycles. The molecule has 0 amide bonds. The third-order valence-corrected chi connectivity index (χ3v) is 4.43. The van der Waals surface area contributed by atoms with Crippen LogP contribution in [0.2, 0.25) is 5.02 Å². The van der Waals surface area contributed by atoms with Gasteiger partial charge in [-0.25, -0.2) is 0 Å². The number of rotatable bonds is 2. The first kappa shape index (κ1) is 17.7. The highest BCUT2D eigenvalue weighted by molar-refractivity contribution is 6.30. The second-order valence-electron chi connectivity index (χ2n) is 6.33. The summed E-state index contributed by atoms with van der Waals surface area (Å²) >= 11 is 6.11. The standard InChI is InChI=1S/C20H17ClF3N/c1-11-7-15(21)8-12(2)18(11)17-6-4-5-16-14(10-20(22,23)24)9-13(3)25-19(16)17/h4-9H,10H2,1-3H3. The number of para-hydroxylation sites is 1. The van der Waals surface area contributed by atoms with Crippen molar-refractivity contribution in [1.82, 2.24) is 4.98 Å². The number of hydrogen-bond donors (Lipinski definition) is 0. The van der Waals surface area contributed by atoms with E-state index in [-0.39, 0.29) is 5.56 Å². The Hall–Kier alpha value is -2.07. The van der Waals surface area contributed by atoms with Crippen molar-refractivity contribution >= 4 is 22.5 Å². The zero-order valence-corrected chi connectivity index (χ0v) is 14.9. The van der Waals surface area contributed by atoms with Crippen molar-refractivity contribution in [3.8, 4) is 11.1 Å². The van der Waals surface area contributed by atoms with Gasteiger partial charge in [0.05, 0.1) is 11.9 Å². The lowest BCUT2D eigenvalue weighted by Gasteiger charge is -2.16. The van der Waals surface area contributed by atoms with Crippen LogP contribution in [0.3, 0.4) is 0 Å². The van der Waals surface area contributed by atoms with E-state index in [9.17, 15) is 13.2 Å². The van der Waals surface area contributed by atoms with Crippen LogP contribution >= 0.6 is 11.6 Å². The van der Waals surface area contributed by atoms with Crippen LogP contribution in [0.25, 0.3) is 22.0 Å². The van der Waals surface area contributed by atoms with Gasteiger partial charge in [-0.15, -0.1) is 0 Å². The Labute approximate surface area is 149 Å². The Morgan fingerprint density at radius 3 is 2.24 bits per heavy atom. The van der Waals surface area contributed by atoms with Crippen molar-refractivity contribution in [2.24, 2.45) is 0 Å². The summed E-state index contributed by atoms with van der Waals surface area (Å²) in [5, 5.41) is 1.18. The van der Waals surface area contributed by atoms with Crippen LogP contribution in [0.5, 0.6) is 0 Å². The summed E-state index contributed by atoms with van der Waals surface area (Å²) in [6.45, 7) is 5.61. The molecule has 0 N–H and O–H groups in total. The maximum absolute atomic E-state index is 13.0. The summed E-state index contributed by atoms with van der Waals surface area (Å²) in [5.74, 6) is 0. The predicted molar refractivity (Wildman–Crippen MR) is 96.2 cm³/mol. The molecule has 1 aromatic heterocycles. The summed E-state index contributed by atoms with van der Waals surface area (Å²) in [6.07, 6.45) is -5.22. The first-order valence-corrected chi connectivity index (χ1v) is 8.26. The Kier molecular flexibility index (Phi) is 4.50. The molecule has 3 aromatic rings. The molecule has 0 fully saturated rings. The normalized spacial score (nSPS) is 12.0. The molecule has 0 saturated heterocycles. The molecule has 1 heterocycles. The number of halogens is 4. The number of hydrogen-bond acceptors (Lipinski definition) is 1. The van der Waals surface area contributed by atoms with Gasteiger partial charge in [-0.05, 0) is 61.2 Å². The molecule has 2 aromatic carbocycles. The Morgan fingerprint density at radius 2 is 1.64 bits per heavy atom. The van der Waals surface area contributed by atoms with Crippen molar-refractivity contribution in [2.45, 2.75) is 33.4 Å². The molecule has 0 radical (unpaired) electrons. The fourth-order valence-corrected chi connectivity index (χ4v) is 3.69. The minimum atomic E-state index is -4.26. The second kappa shape index (κ2) is 6.34. The van der Waals surface area contributed by atoms with Crippen LogP contribution in [0.4, 0.5) is 13.2 Å². The van der Waals surface area contributed by atoms with Gasteiger partial charge in [0, 0.05) is 21.7 Å². The lowest BCUT2D eigenvalue weighted by Crippen LogP contribution is -2.12. The molecular weight excluding hydrogens is 347 g/mol. The maximum atomic E-state index is 13.0. The topological polar surface area (TPSA) is 12.9 Å². The van der Waals surface area contributed by atoms with Gasteiger partial charge in [-0.3, -0.25) is 4.98 Å². The van der Waals surface area contributed by atoms with E-state index in [1.54, 1.807) is 19.1 Å². The van der Waals surface area contributed by atoms with E-state index in [0.717, 1.165) is 22.3 Å². The van der Waals surface area contributed by atoms with Crippen molar-refractivity contribution in [2.75, 3.05) is 0 Å². The van der Waals surface area contributed by atoms with Gasteiger partial charge in [0.25, 0.3) is 0 Å². The van der Waals surface area contributed by atoms with E-state index in [1.165, 1.54) is 6.07 Å². The van der Waals surface area contributed by atoms with Gasteiger partial charge < -0.3 is 0 Å². The molecule has 25 heavy (non-hydrogen) atoms. The minimum absolute atomic E-state index is 0.251. The molecule has 0 aliphatic carbocycles. The molecule has 5 heteroatoms. The number of aryl methyl sites for hydroxylation is 3. The molecule has 0 unspecified atom stereocenters. The summed E-state index contributed by atoms with van der Waals surface area (Å²) in [4.78, 5) is 4.55. The molecule has 3 rings (SSSR count). The number of fused-ring (bicyclic) bond motifs is 1. The van der Waals surface area contributed by atoms with Gasteiger partial charge >= 0.3 is 6.18 Å². The number of alkyl halides is 3. The van der Waals surface area contributed by atoms with Gasteiger partial charge in [-0.1, -0.05) is 29.8 Å². The first-order chi connectivity index (χ1) is 11.7. The molecule has 0 spiro atoms. The molecular formula is C20H17ClF3N. The van der Waals surface area contributed by atoms with Crippen LogP contribution in [0, 0.1) is 20.8 Å². The van der Waals surface area contributed by atoms with Crippen LogP contribution in [-0.2, 0) is 6.42 Å². The average molecular weight is 364 g/mol. The lowest BCUT2D eigenvalue weighted by molar-refractivity contribution is -0.127. The van der Waals surface area contributed by atoms with E-state index >= 15 is 0 Å². The molecule has 1 nitrogen and oxygen atoms in total. The quantitative estimate of drug-likeness (QED) is 0.500. The van der Waals surface area contributed by atoms with Gasteiger partial charge in [0.15, 0.2) is 0 Å². The van der Waals surface area contributed by atoms with Crippen molar-refractivity contribution in [1.29, 1.82) is 0 Å². The summed E-state index contributed by atoms with van der Waals surface area (Å²) in [5.41, 5.74) is 5.15. The summed E-state index contributed by atoms with van der Waals surface area (Å²) < 4.78 is 38.9. The summed E-state index contributed by atoms with van der Waals surface area (Å²) in [6, 6.07) is 10.6. The van der Waals surface area contributed by atoms with Crippen LogP contribution in [-0.4, -0.2) is 11.2 Å². The van der Waals surface area contributed by atoms with Crippen LogP contribution in [0.1, 0.15) is 22.4 Å². The van der Waals surface area contributed by atoms with Gasteiger partial charge in [0.1, 0.15) is 0 Å². The third-order valence-electron chi connectivity index (χ3n) is 4.21. The summed E-state index contributed by atoms with van der Waals surface area (Å²) in [7, 11) is 0. The molecule has 0 atom stereocenters. The van der Waals surface area contributed by atoms with E-state index in [4.69, 9.17) is 11.6 Å². The zero-order valence-electron chi connectivity index (χ0n) is 14.1. The van der Waals surface area contributed by atoms with E-state index in [1.807, 2.05) is 32.0 Å². The van der Waals surface area contributed by atoms with E-state index in [2.05, 4.69) is 4.98 Å². The number of nitrogens with zero attached hydrogens (tertiary/aromatic N) is 1. The second-order valence-corrected chi connectivity index (χ2v) is 6.77. The minimum Gasteiger partial charge on any atom is -0.252 e. The first-order valence-electron chi connectivity index (χ1n) is 7.89. The average Bonchev–Trinajstić information content (AvgIpc) is 2.45. The number of benzene rings is 2. The number of pyridine rings is 1. The molecule has 0 bridgehead atoms. The Bertz CT molecular complexity index is 938. The SMILES string of the molecule is Cc1cc(CC(F)(F)F)c2cccc(-c3c(C)cc(Cl)cc3C)c2n1. The van der Waals surface area contributed by atoms with E-state index in [0.29, 0.717) is 21.6 Å². The van der Waals surface area contributed by atoms with Crippen molar-refractivity contribution in [3.63, 3.8) is 0 Å². The Balaban J connectivity index is 2.32. The molecule has 130 valence electrons. The van der Waals surface area contributed by atoms with Crippen molar-refractivity contribution in [3.05, 3.63) is 63.8 Å². The highest BCUT2D eigenvalue weighted by Crippen LogP contribution is 2.36. The van der Waals surface area contributed by atoms with Gasteiger partial charge in [-0.2, -0.15) is 13.2 Å². The third kappa shape index (κ3) is 3.64. The maximum Gasteiger partial charge on any atom is 0.393 e. The fraction of sp³-hybridized carbons (Fsp3) is 0.250. The molecule has 0 aliphatic heterocycles. The fourth-order valence-electron chi connectivity index (χ4n) is 3.36. The highest BCUT2D eigenvalue weighted by atomic mass is 35.5. The highest BCUT2D eigenvalue weighted by Gasteiger charge is 2.29. The van der Waals surface area contributed by atoms with Crippen LogP contribution in [0.15, 0.2) is 36.4 Å². The smallest absolute Gasteiger partial charge is 0.252 e. The van der Waals surface area contributed by atoms with Gasteiger partial charge in [0.2, 0.25) is 0 Å². The zero-order chi connectivity index (χ0) is 18.4. The monoisotopic (exact) mass is 363 g/mol. The predicted octanol–water partition coefficient (Wildman–Crippen LogP) is 6.59. The number of aromatic nitrogens is 1. The van der Waals surface area contributed by atoms with Crippen LogP contribution < -0.4 is 0 Å². The van der Waals surface area contributed by atoms with Crippen molar-refractivity contribution < 1.29 is 13.2 Å². The van der Waals surface area contributed by atoms with E-state index < -0.39 is 12.6 Å². The Morgan fingerprint density at radius 1 is 1.00 bits per heavy atom.